The number of rotatable bonds is 7. The van der Waals surface area contributed by atoms with Crippen molar-refractivity contribution in [2.24, 2.45) is 17.6 Å². The van der Waals surface area contributed by atoms with Gasteiger partial charge in [0, 0.05) is 38.9 Å². The number of fused-ring (bicyclic) bond motifs is 1. The number of anilines is 1. The highest BCUT2D eigenvalue weighted by atomic mass is 16.5. The van der Waals surface area contributed by atoms with Crippen LogP contribution in [0.3, 0.4) is 0 Å². The molecule has 1 aliphatic heterocycles. The Balaban J connectivity index is 1.80. The van der Waals surface area contributed by atoms with Crippen LogP contribution in [0.2, 0.25) is 0 Å². The van der Waals surface area contributed by atoms with Gasteiger partial charge in [-0.3, -0.25) is 9.36 Å². The fraction of sp³-hybridized carbons (Fsp3) is 0.619. The van der Waals surface area contributed by atoms with Crippen LogP contribution in [-0.4, -0.2) is 49.2 Å². The maximum absolute atomic E-state index is 12.8. The van der Waals surface area contributed by atoms with E-state index >= 15 is 0 Å². The Bertz CT molecular complexity index is 1060. The molecule has 2 fully saturated rings. The zero-order chi connectivity index (χ0) is 21.6. The molecule has 30 heavy (non-hydrogen) atoms. The van der Waals surface area contributed by atoms with Crippen molar-refractivity contribution in [3.05, 3.63) is 33.0 Å². The Morgan fingerprint density at radius 1 is 1.20 bits per heavy atom. The normalized spacial score (nSPS) is 22.6. The average molecular weight is 418 g/mol. The quantitative estimate of drug-likeness (QED) is 0.635. The minimum absolute atomic E-state index is 0.0467. The maximum Gasteiger partial charge on any atom is 0.350 e. The molecule has 1 aromatic heterocycles. The molecule has 4 N–H and O–H groups in total. The van der Waals surface area contributed by atoms with Crippen molar-refractivity contribution in [3.63, 3.8) is 0 Å². The minimum atomic E-state index is -0.508. The fourth-order valence-corrected chi connectivity index (χ4v) is 4.74. The van der Waals surface area contributed by atoms with E-state index in [0.29, 0.717) is 39.8 Å². The summed E-state index contributed by atoms with van der Waals surface area (Å²) < 4.78 is 13.3. The van der Waals surface area contributed by atoms with Crippen molar-refractivity contribution in [1.29, 1.82) is 0 Å². The second kappa shape index (κ2) is 7.96. The SMILES string of the molecule is COCC[C@@H](N)[C@H]1CN(c2ccc3c(=O)n(N)c(=O)n(C4CC4)c3c2OC)C[C@@H]1C. The van der Waals surface area contributed by atoms with Gasteiger partial charge in [-0.05, 0) is 43.2 Å². The summed E-state index contributed by atoms with van der Waals surface area (Å²) in [4.78, 5) is 27.7. The Hall–Kier alpha value is -2.52. The highest BCUT2D eigenvalue weighted by Crippen LogP contribution is 2.42. The molecule has 0 radical (unpaired) electrons. The average Bonchev–Trinajstić information content (AvgIpc) is 3.50. The van der Waals surface area contributed by atoms with E-state index in [-0.39, 0.29) is 12.1 Å². The minimum Gasteiger partial charge on any atom is -0.492 e. The molecule has 2 aromatic rings. The lowest BCUT2D eigenvalue weighted by molar-refractivity contribution is 0.176. The van der Waals surface area contributed by atoms with E-state index in [9.17, 15) is 9.59 Å². The molecule has 164 valence electrons. The lowest BCUT2D eigenvalue weighted by Crippen LogP contribution is -2.44. The molecular formula is C21H31N5O4. The fourth-order valence-electron chi connectivity index (χ4n) is 4.74. The third-order valence-electron chi connectivity index (χ3n) is 6.55. The Labute approximate surface area is 175 Å². The first-order valence-corrected chi connectivity index (χ1v) is 10.5. The molecule has 0 bridgehead atoms. The van der Waals surface area contributed by atoms with Crippen LogP contribution in [0.1, 0.15) is 32.2 Å². The Kier molecular flexibility index (Phi) is 5.50. The van der Waals surface area contributed by atoms with Crippen LogP contribution in [0.25, 0.3) is 10.9 Å². The summed E-state index contributed by atoms with van der Waals surface area (Å²) in [6, 6.07) is 3.73. The van der Waals surface area contributed by atoms with Crippen molar-refractivity contribution >= 4 is 16.6 Å². The molecule has 1 saturated heterocycles. The van der Waals surface area contributed by atoms with Crippen molar-refractivity contribution in [1.82, 2.24) is 9.24 Å². The standard InChI is InChI=1S/C21H31N5O4/c1-12-10-24(11-15(12)16(22)8-9-29-2)17-7-6-14-18(19(17)30-3)25(13-4-5-13)21(28)26(23)20(14)27/h6-7,12-13,15-16H,4-5,8-11,22-23H2,1-3H3/t12-,15-,16+/m0/s1. The van der Waals surface area contributed by atoms with Gasteiger partial charge in [-0.2, -0.15) is 4.68 Å². The van der Waals surface area contributed by atoms with Gasteiger partial charge in [-0.15, -0.1) is 0 Å². The largest absolute Gasteiger partial charge is 0.492 e. The molecule has 9 heteroatoms. The van der Waals surface area contributed by atoms with Crippen molar-refractivity contribution in [3.8, 4) is 5.75 Å². The van der Waals surface area contributed by atoms with Crippen molar-refractivity contribution < 1.29 is 9.47 Å². The summed E-state index contributed by atoms with van der Waals surface area (Å²) in [6.45, 7) is 4.46. The summed E-state index contributed by atoms with van der Waals surface area (Å²) in [6.07, 6.45) is 2.58. The number of nitrogens with two attached hydrogens (primary N) is 2. The molecule has 2 heterocycles. The lowest BCUT2D eigenvalue weighted by atomic mass is 9.89. The van der Waals surface area contributed by atoms with Crippen LogP contribution in [0.4, 0.5) is 5.69 Å². The van der Waals surface area contributed by atoms with Gasteiger partial charge in [0.25, 0.3) is 5.56 Å². The number of ether oxygens (including phenoxy) is 2. The number of methoxy groups -OCH3 is 2. The van der Waals surface area contributed by atoms with Crippen LogP contribution in [-0.2, 0) is 4.74 Å². The van der Waals surface area contributed by atoms with Gasteiger partial charge < -0.3 is 25.9 Å². The van der Waals surface area contributed by atoms with Gasteiger partial charge in [-0.25, -0.2) is 4.79 Å². The summed E-state index contributed by atoms with van der Waals surface area (Å²) in [7, 11) is 3.26. The molecule has 1 saturated carbocycles. The molecule has 0 unspecified atom stereocenters. The second-order valence-electron chi connectivity index (χ2n) is 8.56. The summed E-state index contributed by atoms with van der Waals surface area (Å²) >= 11 is 0. The van der Waals surface area contributed by atoms with Gasteiger partial charge in [0.05, 0.1) is 18.2 Å². The van der Waals surface area contributed by atoms with Crippen LogP contribution >= 0.6 is 0 Å². The van der Waals surface area contributed by atoms with Gasteiger partial charge in [-0.1, -0.05) is 6.92 Å². The summed E-state index contributed by atoms with van der Waals surface area (Å²) in [5.41, 5.74) is 6.85. The first kappa shape index (κ1) is 20.7. The first-order valence-electron chi connectivity index (χ1n) is 10.5. The number of aromatic nitrogens is 2. The van der Waals surface area contributed by atoms with Crippen LogP contribution in [0, 0.1) is 11.8 Å². The van der Waals surface area contributed by atoms with E-state index < -0.39 is 11.2 Å². The predicted molar refractivity (Wildman–Crippen MR) is 117 cm³/mol. The third kappa shape index (κ3) is 3.35. The summed E-state index contributed by atoms with van der Waals surface area (Å²) in [5, 5.41) is 0.394. The Morgan fingerprint density at radius 3 is 2.57 bits per heavy atom. The maximum atomic E-state index is 12.8. The third-order valence-corrected chi connectivity index (χ3v) is 6.55. The zero-order valence-corrected chi connectivity index (χ0v) is 17.8. The molecule has 0 spiro atoms. The van der Waals surface area contributed by atoms with Gasteiger partial charge in [0.15, 0.2) is 5.75 Å². The predicted octanol–water partition coefficient (Wildman–Crippen LogP) is 0.657. The topological polar surface area (TPSA) is 118 Å². The second-order valence-corrected chi connectivity index (χ2v) is 8.56. The van der Waals surface area contributed by atoms with E-state index in [4.69, 9.17) is 21.1 Å². The van der Waals surface area contributed by atoms with E-state index in [0.717, 1.165) is 38.0 Å². The van der Waals surface area contributed by atoms with Crippen LogP contribution < -0.4 is 32.5 Å². The van der Waals surface area contributed by atoms with E-state index in [1.807, 2.05) is 6.07 Å². The van der Waals surface area contributed by atoms with Gasteiger partial charge >= 0.3 is 5.69 Å². The zero-order valence-electron chi connectivity index (χ0n) is 17.8. The number of hydrogen-bond acceptors (Lipinski definition) is 7. The van der Waals surface area contributed by atoms with Crippen LogP contribution in [0.5, 0.6) is 5.75 Å². The van der Waals surface area contributed by atoms with Gasteiger partial charge in [0.2, 0.25) is 0 Å². The number of hydrogen-bond donors (Lipinski definition) is 2. The molecule has 2 aliphatic rings. The highest BCUT2D eigenvalue weighted by molar-refractivity contribution is 5.90. The molecule has 1 aliphatic carbocycles. The van der Waals surface area contributed by atoms with E-state index in [1.54, 1.807) is 24.9 Å². The number of nitrogen functional groups attached to an aromatic ring is 1. The smallest absolute Gasteiger partial charge is 0.350 e. The van der Waals surface area contributed by atoms with Crippen molar-refractivity contribution in [2.45, 2.75) is 38.3 Å². The summed E-state index contributed by atoms with van der Waals surface area (Å²) in [5.74, 6) is 7.04. The van der Waals surface area contributed by atoms with E-state index in [1.165, 1.54) is 0 Å². The molecular weight excluding hydrogens is 386 g/mol. The van der Waals surface area contributed by atoms with Crippen LogP contribution in [0.15, 0.2) is 21.7 Å². The molecule has 4 rings (SSSR count). The van der Waals surface area contributed by atoms with Gasteiger partial charge in [0.1, 0.15) is 5.52 Å². The lowest BCUT2D eigenvalue weighted by Gasteiger charge is -2.25. The number of benzene rings is 1. The molecule has 9 nitrogen and oxygen atoms in total. The van der Waals surface area contributed by atoms with Crippen molar-refractivity contribution in [2.75, 3.05) is 44.7 Å². The molecule has 1 aromatic carbocycles. The monoisotopic (exact) mass is 417 g/mol. The Morgan fingerprint density at radius 2 is 1.93 bits per heavy atom. The molecule has 3 atom stereocenters. The number of nitrogens with zero attached hydrogens (tertiary/aromatic N) is 3. The molecule has 0 amide bonds. The van der Waals surface area contributed by atoms with E-state index in [2.05, 4.69) is 11.8 Å². The first-order chi connectivity index (χ1) is 14.4. The highest BCUT2D eigenvalue weighted by Gasteiger charge is 2.36.